The van der Waals surface area contributed by atoms with Crippen molar-refractivity contribution in [3.05, 3.63) is 87.2 Å². The third kappa shape index (κ3) is 4.91. The van der Waals surface area contributed by atoms with Crippen LogP contribution in [0.3, 0.4) is 0 Å². The minimum Gasteiger partial charge on any atom is -0.507 e. The average molecular weight is 523 g/mol. The minimum absolute atomic E-state index is 0.130. The maximum absolute atomic E-state index is 13.5. The fraction of sp³-hybridized carbons (Fsp3) is 0.286. The number of halogens is 1. The van der Waals surface area contributed by atoms with Crippen LogP contribution in [0.5, 0.6) is 0 Å². The Kier molecular flexibility index (Phi) is 7.01. The van der Waals surface area contributed by atoms with Gasteiger partial charge >= 0.3 is 11.9 Å². The molecule has 1 fully saturated rings. The zero-order chi connectivity index (χ0) is 27.1. The molecule has 0 saturated carbocycles. The number of hydrogen-bond acceptors (Lipinski definition) is 7. The molecule has 4 rings (SSSR count). The van der Waals surface area contributed by atoms with Crippen LogP contribution in [0.25, 0.3) is 5.76 Å². The summed E-state index contributed by atoms with van der Waals surface area (Å²) in [4.78, 5) is 44.9. The summed E-state index contributed by atoms with van der Waals surface area (Å²) in [6, 6.07) is 11.4. The molecule has 2 heterocycles. The van der Waals surface area contributed by atoms with Gasteiger partial charge in [0.2, 0.25) is 0 Å². The highest BCUT2D eigenvalue weighted by atomic mass is 32.1. The van der Waals surface area contributed by atoms with Crippen LogP contribution in [-0.4, -0.2) is 34.4 Å². The molecule has 1 aliphatic heterocycles. The first-order valence-electron chi connectivity index (χ1n) is 11.8. The molecule has 1 N–H and O–H groups in total. The van der Waals surface area contributed by atoms with Gasteiger partial charge in [-0.15, -0.1) is 0 Å². The smallest absolute Gasteiger partial charge is 0.350 e. The molecule has 1 saturated heterocycles. The molecule has 0 spiro atoms. The molecule has 7 nitrogen and oxygen atoms in total. The van der Waals surface area contributed by atoms with E-state index in [1.807, 2.05) is 12.1 Å². The first kappa shape index (κ1) is 26.2. The largest absolute Gasteiger partial charge is 0.507 e. The van der Waals surface area contributed by atoms with Crippen LogP contribution >= 0.6 is 11.3 Å². The van der Waals surface area contributed by atoms with E-state index in [0.29, 0.717) is 11.3 Å². The molecule has 0 aliphatic carbocycles. The Morgan fingerprint density at radius 2 is 1.73 bits per heavy atom. The van der Waals surface area contributed by atoms with Crippen LogP contribution < -0.4 is 4.90 Å². The van der Waals surface area contributed by atoms with Crippen molar-refractivity contribution in [1.29, 1.82) is 0 Å². The topological polar surface area (TPSA) is 96.8 Å². The van der Waals surface area contributed by atoms with Crippen molar-refractivity contribution in [1.82, 2.24) is 4.98 Å². The second-order valence-corrected chi connectivity index (χ2v) is 10.7. The third-order valence-corrected chi connectivity index (χ3v) is 7.24. The summed E-state index contributed by atoms with van der Waals surface area (Å²) >= 11 is 0.941. The molecule has 0 bridgehead atoms. The van der Waals surface area contributed by atoms with Gasteiger partial charge in [-0.05, 0) is 54.7 Å². The molecule has 2 aromatic carbocycles. The maximum atomic E-state index is 13.5. The molecule has 1 amide bonds. The Bertz CT molecular complexity index is 1400. The fourth-order valence-corrected chi connectivity index (χ4v) is 5.13. The number of anilines is 1. The normalized spacial score (nSPS) is 17.4. The summed E-state index contributed by atoms with van der Waals surface area (Å²) in [6.07, 6.45) is 0. The van der Waals surface area contributed by atoms with Crippen molar-refractivity contribution in [3.8, 4) is 0 Å². The molecule has 3 aromatic rings. The summed E-state index contributed by atoms with van der Waals surface area (Å²) in [5.74, 6) is -3.30. The summed E-state index contributed by atoms with van der Waals surface area (Å²) in [6.45, 7) is 9.68. The number of nitrogens with zero attached hydrogens (tertiary/aromatic N) is 2. The van der Waals surface area contributed by atoms with Gasteiger partial charge in [0.1, 0.15) is 16.5 Å². The number of rotatable bonds is 5. The van der Waals surface area contributed by atoms with Crippen LogP contribution in [-0.2, 0) is 19.7 Å². The molecular formula is C28H27FN2O5S. The van der Waals surface area contributed by atoms with Crippen LogP contribution in [0.15, 0.2) is 54.1 Å². The van der Waals surface area contributed by atoms with Crippen molar-refractivity contribution in [3.63, 3.8) is 0 Å². The van der Waals surface area contributed by atoms with Crippen molar-refractivity contribution in [2.75, 3.05) is 11.5 Å². The number of carbonyl (C=O) groups excluding carboxylic acids is 3. The van der Waals surface area contributed by atoms with Crippen molar-refractivity contribution in [2.24, 2.45) is 0 Å². The van der Waals surface area contributed by atoms with Gasteiger partial charge in [0.15, 0.2) is 5.13 Å². The second-order valence-electron chi connectivity index (χ2n) is 9.68. The number of carbonyl (C=O) groups is 3. The molecule has 9 heteroatoms. The number of aryl methyl sites for hydroxylation is 1. The number of ketones is 1. The SMILES string of the molecule is CCOC(=O)c1sc(N2C(=O)C(=O)/C(=C(/O)c3ccc(F)cc3)C2c2ccc(C(C)(C)C)cc2)nc1C. The predicted molar refractivity (Wildman–Crippen MR) is 139 cm³/mol. The van der Waals surface area contributed by atoms with Crippen LogP contribution in [0, 0.1) is 12.7 Å². The number of aliphatic hydroxyl groups excluding tert-OH is 1. The summed E-state index contributed by atoms with van der Waals surface area (Å²) in [7, 11) is 0. The number of esters is 1. The molecule has 1 aromatic heterocycles. The highest BCUT2D eigenvalue weighted by Crippen LogP contribution is 2.44. The number of amides is 1. The molecular weight excluding hydrogens is 495 g/mol. The molecule has 37 heavy (non-hydrogen) atoms. The number of thiazole rings is 1. The van der Waals surface area contributed by atoms with E-state index in [1.165, 1.54) is 17.0 Å². The molecule has 1 aliphatic rings. The van der Waals surface area contributed by atoms with Gasteiger partial charge in [0.05, 0.1) is 23.9 Å². The molecule has 0 radical (unpaired) electrons. The van der Waals surface area contributed by atoms with E-state index in [9.17, 15) is 23.9 Å². The van der Waals surface area contributed by atoms with Crippen LogP contribution in [0.1, 0.15) is 65.8 Å². The standard InChI is InChI=1S/C28H27FN2O5S/c1-6-36-26(35)24-15(2)30-27(37-24)31-21(16-7-11-18(12-8-16)28(3,4)5)20(23(33)25(31)34)22(32)17-9-13-19(29)14-10-17/h7-14,21,32H,6H2,1-5H3/b22-20+. The van der Waals surface area contributed by atoms with Crippen LogP contribution in [0.2, 0.25) is 0 Å². The van der Waals surface area contributed by atoms with E-state index in [4.69, 9.17) is 4.74 Å². The summed E-state index contributed by atoms with van der Waals surface area (Å²) in [5, 5.41) is 11.3. The average Bonchev–Trinajstić information content (AvgIpc) is 3.35. The maximum Gasteiger partial charge on any atom is 0.350 e. The quantitative estimate of drug-likeness (QED) is 0.200. The van der Waals surface area contributed by atoms with E-state index >= 15 is 0 Å². The first-order valence-corrected chi connectivity index (χ1v) is 12.6. The monoisotopic (exact) mass is 522 g/mol. The van der Waals surface area contributed by atoms with Gasteiger partial charge in [-0.2, -0.15) is 0 Å². The van der Waals surface area contributed by atoms with Gasteiger partial charge in [-0.25, -0.2) is 14.2 Å². The number of ether oxygens (including phenoxy) is 1. The highest BCUT2D eigenvalue weighted by Gasteiger charge is 2.48. The zero-order valence-corrected chi connectivity index (χ0v) is 22.0. The number of benzene rings is 2. The Morgan fingerprint density at radius 3 is 2.30 bits per heavy atom. The van der Waals surface area contributed by atoms with Gasteiger partial charge < -0.3 is 9.84 Å². The zero-order valence-electron chi connectivity index (χ0n) is 21.2. The Labute approximate surface area is 218 Å². The number of hydrogen-bond donors (Lipinski definition) is 1. The fourth-order valence-electron chi connectivity index (χ4n) is 4.15. The molecule has 1 unspecified atom stereocenters. The van der Waals surface area contributed by atoms with E-state index in [2.05, 4.69) is 25.8 Å². The van der Waals surface area contributed by atoms with Crippen LogP contribution in [0.4, 0.5) is 9.52 Å². The molecule has 1 atom stereocenters. The Hall–Kier alpha value is -3.85. The van der Waals surface area contributed by atoms with Gasteiger partial charge in [0, 0.05) is 5.56 Å². The summed E-state index contributed by atoms with van der Waals surface area (Å²) < 4.78 is 18.6. The van der Waals surface area contributed by atoms with Gasteiger partial charge in [-0.1, -0.05) is 56.4 Å². The highest BCUT2D eigenvalue weighted by molar-refractivity contribution is 7.17. The lowest BCUT2D eigenvalue weighted by atomic mass is 9.85. The van der Waals surface area contributed by atoms with E-state index < -0.39 is 35.3 Å². The van der Waals surface area contributed by atoms with Crippen molar-refractivity contribution >= 4 is 39.9 Å². The lowest BCUT2D eigenvalue weighted by Gasteiger charge is -2.24. The third-order valence-electron chi connectivity index (χ3n) is 6.11. The Morgan fingerprint density at radius 1 is 1.11 bits per heavy atom. The predicted octanol–water partition coefficient (Wildman–Crippen LogP) is 5.69. The minimum atomic E-state index is -1.01. The number of aliphatic hydroxyl groups is 1. The number of Topliss-reactive ketones (excluding diaryl/α,β-unsaturated/α-hetero) is 1. The second kappa shape index (κ2) is 9.89. The lowest BCUT2D eigenvalue weighted by Crippen LogP contribution is -2.29. The lowest BCUT2D eigenvalue weighted by molar-refractivity contribution is -0.132. The van der Waals surface area contributed by atoms with Crippen molar-refractivity contribution < 1.29 is 28.6 Å². The van der Waals surface area contributed by atoms with Crippen molar-refractivity contribution in [2.45, 2.75) is 46.1 Å². The Balaban J connectivity index is 1.91. The summed E-state index contributed by atoms with van der Waals surface area (Å²) in [5.41, 5.74) is 1.89. The first-order chi connectivity index (χ1) is 17.4. The van der Waals surface area contributed by atoms with Gasteiger partial charge in [0.25, 0.3) is 5.78 Å². The van der Waals surface area contributed by atoms with Gasteiger partial charge in [-0.3, -0.25) is 14.5 Å². The van der Waals surface area contributed by atoms with E-state index in [0.717, 1.165) is 29.0 Å². The molecule has 192 valence electrons. The number of aromatic nitrogens is 1. The van der Waals surface area contributed by atoms with E-state index in [-0.39, 0.29) is 33.2 Å². The van der Waals surface area contributed by atoms with E-state index in [1.54, 1.807) is 26.0 Å².